The molecule has 0 spiro atoms. The number of amides is 1. The number of aromatic nitrogens is 3. The van der Waals surface area contributed by atoms with E-state index in [4.69, 9.17) is 11.6 Å². The van der Waals surface area contributed by atoms with Crippen LogP contribution in [0.15, 0.2) is 41.5 Å². The van der Waals surface area contributed by atoms with Crippen LogP contribution >= 0.6 is 11.6 Å². The SMILES string of the molecule is CC1CCc2nn3ccn(CC(=O)Nc4cccc(Cl)c4)c(=O)c3c2C1. The summed E-state index contributed by atoms with van der Waals surface area (Å²) in [5.74, 6) is 0.259. The van der Waals surface area contributed by atoms with Crippen molar-refractivity contribution in [1.29, 1.82) is 0 Å². The second-order valence-corrected chi connectivity index (χ2v) is 7.29. The van der Waals surface area contributed by atoms with Crippen molar-refractivity contribution in [3.05, 3.63) is 63.3 Å². The molecule has 6 nitrogen and oxygen atoms in total. The zero-order valence-electron chi connectivity index (χ0n) is 14.4. The molecule has 0 saturated carbocycles. The number of anilines is 1. The number of nitrogens with zero attached hydrogens (tertiary/aromatic N) is 3. The van der Waals surface area contributed by atoms with E-state index < -0.39 is 0 Å². The fourth-order valence-electron chi connectivity index (χ4n) is 3.49. The highest BCUT2D eigenvalue weighted by Crippen LogP contribution is 2.26. The van der Waals surface area contributed by atoms with E-state index in [1.54, 1.807) is 41.2 Å². The van der Waals surface area contributed by atoms with E-state index in [-0.39, 0.29) is 18.0 Å². The molecule has 1 aromatic carbocycles. The number of carbonyl (C=O) groups is 1. The summed E-state index contributed by atoms with van der Waals surface area (Å²) in [5, 5.41) is 7.84. The molecular formula is C19H19ClN4O2. The van der Waals surface area contributed by atoms with Crippen molar-refractivity contribution in [2.24, 2.45) is 5.92 Å². The molecule has 1 aliphatic carbocycles. The average Bonchev–Trinajstić information content (AvgIpc) is 2.96. The number of nitrogens with one attached hydrogen (secondary N) is 1. The molecule has 0 bridgehead atoms. The van der Waals surface area contributed by atoms with Crippen molar-refractivity contribution in [1.82, 2.24) is 14.2 Å². The number of hydrogen-bond donors (Lipinski definition) is 1. The topological polar surface area (TPSA) is 68.4 Å². The zero-order valence-corrected chi connectivity index (χ0v) is 15.2. The lowest BCUT2D eigenvalue weighted by Crippen LogP contribution is -2.28. The molecule has 2 aromatic heterocycles. The number of halogens is 1. The summed E-state index contributed by atoms with van der Waals surface area (Å²) in [7, 11) is 0. The van der Waals surface area contributed by atoms with Crippen molar-refractivity contribution < 1.29 is 4.79 Å². The lowest BCUT2D eigenvalue weighted by atomic mass is 9.88. The van der Waals surface area contributed by atoms with Gasteiger partial charge in [0.15, 0.2) is 0 Å². The number of carbonyl (C=O) groups excluding carboxylic acids is 1. The number of hydrogen-bond acceptors (Lipinski definition) is 3. The molecule has 0 radical (unpaired) electrons. The monoisotopic (exact) mass is 370 g/mol. The van der Waals surface area contributed by atoms with Gasteiger partial charge in [0, 0.05) is 28.7 Å². The standard InChI is InChI=1S/C19H19ClN4O2/c1-12-5-6-16-15(9-12)18-19(26)23(7-8-24(18)22-16)11-17(25)21-14-4-2-3-13(20)10-14/h2-4,7-8,10,12H,5-6,9,11H2,1H3,(H,21,25). The van der Waals surface area contributed by atoms with Gasteiger partial charge in [-0.2, -0.15) is 5.10 Å². The molecule has 4 rings (SSSR count). The maximum Gasteiger partial charge on any atom is 0.277 e. The van der Waals surface area contributed by atoms with Gasteiger partial charge in [-0.15, -0.1) is 0 Å². The Labute approximate surface area is 155 Å². The molecule has 1 amide bonds. The molecule has 1 aliphatic rings. The van der Waals surface area contributed by atoms with E-state index in [0.29, 0.717) is 22.1 Å². The third kappa shape index (κ3) is 3.12. The van der Waals surface area contributed by atoms with Gasteiger partial charge in [-0.1, -0.05) is 24.6 Å². The van der Waals surface area contributed by atoms with E-state index in [2.05, 4.69) is 17.3 Å². The molecule has 0 fully saturated rings. The van der Waals surface area contributed by atoms with Gasteiger partial charge < -0.3 is 9.88 Å². The van der Waals surface area contributed by atoms with Crippen LogP contribution in [0, 0.1) is 5.92 Å². The van der Waals surface area contributed by atoms with Crippen LogP contribution in [-0.2, 0) is 24.2 Å². The second-order valence-electron chi connectivity index (χ2n) is 6.86. The van der Waals surface area contributed by atoms with Gasteiger partial charge in [0.25, 0.3) is 5.56 Å². The van der Waals surface area contributed by atoms with Crippen LogP contribution in [0.1, 0.15) is 24.6 Å². The Morgan fingerprint density at radius 1 is 1.38 bits per heavy atom. The molecule has 7 heteroatoms. The Morgan fingerprint density at radius 2 is 2.23 bits per heavy atom. The maximum absolute atomic E-state index is 12.9. The van der Waals surface area contributed by atoms with Crippen LogP contribution in [0.2, 0.25) is 5.02 Å². The highest BCUT2D eigenvalue weighted by atomic mass is 35.5. The van der Waals surface area contributed by atoms with Crippen LogP contribution in [-0.4, -0.2) is 20.1 Å². The number of aryl methyl sites for hydroxylation is 1. The molecule has 2 heterocycles. The first-order valence-electron chi connectivity index (χ1n) is 8.66. The molecule has 0 saturated heterocycles. The van der Waals surface area contributed by atoms with Crippen LogP contribution in [0.25, 0.3) is 5.52 Å². The molecule has 26 heavy (non-hydrogen) atoms. The fourth-order valence-corrected chi connectivity index (χ4v) is 3.68. The van der Waals surface area contributed by atoms with E-state index >= 15 is 0 Å². The summed E-state index contributed by atoms with van der Waals surface area (Å²) in [6.45, 7) is 2.13. The van der Waals surface area contributed by atoms with E-state index in [1.165, 1.54) is 4.57 Å². The minimum absolute atomic E-state index is 0.0582. The smallest absolute Gasteiger partial charge is 0.277 e. The largest absolute Gasteiger partial charge is 0.324 e. The first kappa shape index (κ1) is 16.8. The Bertz CT molecular complexity index is 1050. The van der Waals surface area contributed by atoms with Crippen LogP contribution in [0.4, 0.5) is 5.69 Å². The average molecular weight is 371 g/mol. The van der Waals surface area contributed by atoms with Crippen molar-refractivity contribution in [2.45, 2.75) is 32.7 Å². The quantitative estimate of drug-likeness (QED) is 0.770. The first-order chi connectivity index (χ1) is 12.5. The summed E-state index contributed by atoms with van der Waals surface area (Å²) >= 11 is 5.93. The summed E-state index contributed by atoms with van der Waals surface area (Å²) in [6.07, 6.45) is 6.19. The van der Waals surface area contributed by atoms with Crippen molar-refractivity contribution in [3.63, 3.8) is 0 Å². The highest BCUT2D eigenvalue weighted by molar-refractivity contribution is 6.30. The molecular weight excluding hydrogens is 352 g/mol. The Hall–Kier alpha value is -2.60. The number of rotatable bonds is 3. The lowest BCUT2D eigenvalue weighted by Gasteiger charge is -2.16. The van der Waals surface area contributed by atoms with E-state index in [9.17, 15) is 9.59 Å². The molecule has 1 atom stereocenters. The van der Waals surface area contributed by atoms with Crippen LogP contribution in [0.5, 0.6) is 0 Å². The van der Waals surface area contributed by atoms with Crippen LogP contribution in [0.3, 0.4) is 0 Å². The summed E-state index contributed by atoms with van der Waals surface area (Å²) < 4.78 is 3.08. The van der Waals surface area contributed by atoms with Gasteiger partial charge >= 0.3 is 0 Å². The summed E-state index contributed by atoms with van der Waals surface area (Å²) in [4.78, 5) is 25.2. The van der Waals surface area contributed by atoms with Gasteiger partial charge in [0.2, 0.25) is 5.91 Å². The van der Waals surface area contributed by atoms with Crippen molar-refractivity contribution in [2.75, 3.05) is 5.32 Å². The Kier molecular flexibility index (Phi) is 4.28. The predicted molar refractivity (Wildman–Crippen MR) is 101 cm³/mol. The fraction of sp³-hybridized carbons (Fsp3) is 0.316. The number of fused-ring (bicyclic) bond motifs is 3. The zero-order chi connectivity index (χ0) is 18.3. The normalized spacial score (nSPS) is 16.5. The molecule has 3 aromatic rings. The molecule has 1 unspecified atom stereocenters. The van der Waals surface area contributed by atoms with E-state index in [1.807, 2.05) is 0 Å². The van der Waals surface area contributed by atoms with Gasteiger partial charge in [-0.05, 0) is 43.4 Å². The molecule has 0 aliphatic heterocycles. The van der Waals surface area contributed by atoms with Crippen molar-refractivity contribution in [3.8, 4) is 0 Å². The third-order valence-corrected chi connectivity index (χ3v) is 5.03. The predicted octanol–water partition coefficient (Wildman–Crippen LogP) is 2.91. The Morgan fingerprint density at radius 3 is 3.04 bits per heavy atom. The van der Waals surface area contributed by atoms with Gasteiger partial charge in [-0.3, -0.25) is 9.59 Å². The van der Waals surface area contributed by atoms with Gasteiger partial charge in [-0.25, -0.2) is 4.52 Å². The minimum Gasteiger partial charge on any atom is -0.324 e. The van der Waals surface area contributed by atoms with Gasteiger partial charge in [0.1, 0.15) is 12.1 Å². The molecule has 134 valence electrons. The maximum atomic E-state index is 12.9. The first-order valence-corrected chi connectivity index (χ1v) is 9.04. The van der Waals surface area contributed by atoms with Crippen LogP contribution < -0.4 is 10.9 Å². The van der Waals surface area contributed by atoms with Crippen molar-refractivity contribution >= 4 is 28.7 Å². The number of benzene rings is 1. The lowest BCUT2D eigenvalue weighted by molar-refractivity contribution is -0.116. The Balaban J connectivity index is 1.63. The third-order valence-electron chi connectivity index (χ3n) is 4.79. The van der Waals surface area contributed by atoms with E-state index in [0.717, 1.165) is 30.5 Å². The minimum atomic E-state index is -0.277. The summed E-state index contributed by atoms with van der Waals surface area (Å²) in [5.41, 5.74) is 3.04. The molecule has 1 N–H and O–H groups in total. The summed E-state index contributed by atoms with van der Waals surface area (Å²) in [6, 6.07) is 6.92. The van der Waals surface area contributed by atoms with Gasteiger partial charge in [0.05, 0.1) is 5.69 Å². The highest BCUT2D eigenvalue weighted by Gasteiger charge is 2.23. The second kappa shape index (κ2) is 6.61.